The largest absolute Gasteiger partial charge is 0.332 e. The number of fused-ring (bicyclic) bond motifs is 1. The maximum atomic E-state index is 12.6. The van der Waals surface area contributed by atoms with Crippen LogP contribution in [0.2, 0.25) is 0 Å². The molecule has 128 valence electrons. The van der Waals surface area contributed by atoms with Crippen LogP contribution < -0.4 is 16.6 Å². The van der Waals surface area contributed by atoms with E-state index in [4.69, 9.17) is 0 Å². The zero-order valence-electron chi connectivity index (χ0n) is 14.5. The molecule has 3 rings (SSSR count). The van der Waals surface area contributed by atoms with E-state index in [1.165, 1.54) is 24.9 Å². The monoisotopic (exact) mass is 338 g/mol. The van der Waals surface area contributed by atoms with Crippen molar-refractivity contribution in [3.05, 3.63) is 68.0 Å². The Kier molecular flexibility index (Phi) is 4.00. The normalized spacial score (nSPS) is 10.9. The van der Waals surface area contributed by atoms with Crippen LogP contribution in [-0.2, 0) is 14.1 Å². The van der Waals surface area contributed by atoms with Crippen LogP contribution in [0, 0.1) is 13.8 Å². The highest BCUT2D eigenvalue weighted by Gasteiger charge is 2.16. The molecule has 0 bridgehead atoms. The molecule has 0 unspecified atom stereocenters. The third-order valence-electron chi connectivity index (χ3n) is 4.07. The van der Waals surface area contributed by atoms with E-state index >= 15 is 0 Å². The van der Waals surface area contributed by atoms with Gasteiger partial charge in [-0.05, 0) is 32.0 Å². The second-order valence-electron chi connectivity index (χ2n) is 6.09. The number of carbonyl (C=O) groups excluding carboxylic acids is 1. The van der Waals surface area contributed by atoms with Crippen molar-refractivity contribution in [2.45, 2.75) is 13.8 Å². The van der Waals surface area contributed by atoms with E-state index in [1.807, 2.05) is 19.9 Å². The lowest BCUT2D eigenvalue weighted by atomic mass is 10.1. The molecule has 0 radical (unpaired) electrons. The van der Waals surface area contributed by atoms with Crippen LogP contribution in [0.3, 0.4) is 0 Å². The summed E-state index contributed by atoms with van der Waals surface area (Å²) in [6.07, 6.45) is 1.46. The Morgan fingerprint density at radius 2 is 1.68 bits per heavy atom. The fourth-order valence-electron chi connectivity index (χ4n) is 2.89. The number of benzene rings is 1. The van der Waals surface area contributed by atoms with Gasteiger partial charge in [-0.3, -0.25) is 18.7 Å². The summed E-state index contributed by atoms with van der Waals surface area (Å²) in [6.45, 7) is 3.83. The fourth-order valence-corrected chi connectivity index (χ4v) is 2.89. The van der Waals surface area contributed by atoms with Crippen LogP contribution in [0.1, 0.15) is 21.5 Å². The number of aromatic nitrogens is 3. The van der Waals surface area contributed by atoms with Gasteiger partial charge in [-0.2, -0.15) is 0 Å². The quantitative estimate of drug-likeness (QED) is 0.767. The SMILES string of the molecule is Cc1cc(C)cc(C(=O)Nc2ccnc3c2c(=O)n(C)c(=O)n3C)c1. The minimum absolute atomic E-state index is 0.199. The van der Waals surface area contributed by atoms with Crippen molar-refractivity contribution in [2.75, 3.05) is 5.32 Å². The highest BCUT2D eigenvalue weighted by Crippen LogP contribution is 2.18. The van der Waals surface area contributed by atoms with Gasteiger partial charge in [0, 0.05) is 25.9 Å². The van der Waals surface area contributed by atoms with Crippen molar-refractivity contribution in [1.82, 2.24) is 14.1 Å². The molecule has 1 amide bonds. The van der Waals surface area contributed by atoms with E-state index in [0.717, 1.165) is 15.7 Å². The maximum Gasteiger partial charge on any atom is 0.332 e. The second kappa shape index (κ2) is 6.01. The number of nitrogens with zero attached hydrogens (tertiary/aromatic N) is 3. The molecule has 7 heteroatoms. The van der Waals surface area contributed by atoms with Gasteiger partial charge in [0.15, 0.2) is 5.65 Å². The number of pyridine rings is 1. The summed E-state index contributed by atoms with van der Waals surface area (Å²) in [5.74, 6) is -0.324. The Labute approximate surface area is 143 Å². The van der Waals surface area contributed by atoms with E-state index in [2.05, 4.69) is 10.3 Å². The van der Waals surface area contributed by atoms with Gasteiger partial charge in [0.2, 0.25) is 0 Å². The standard InChI is InChI=1S/C18H18N4O3/c1-10-7-11(2)9-12(8-10)16(23)20-13-5-6-19-15-14(13)17(24)22(4)18(25)21(15)3/h5-9H,1-4H3,(H,19,20,23). The van der Waals surface area contributed by atoms with Crippen LogP contribution in [-0.4, -0.2) is 20.0 Å². The molecule has 1 aromatic carbocycles. The van der Waals surface area contributed by atoms with Crippen LogP contribution in [0.4, 0.5) is 5.69 Å². The van der Waals surface area contributed by atoms with Gasteiger partial charge < -0.3 is 5.32 Å². The first kappa shape index (κ1) is 16.6. The molecule has 1 N–H and O–H groups in total. The highest BCUT2D eigenvalue weighted by molar-refractivity contribution is 6.08. The van der Waals surface area contributed by atoms with Gasteiger partial charge in [0.1, 0.15) is 5.39 Å². The van der Waals surface area contributed by atoms with Gasteiger partial charge in [-0.25, -0.2) is 9.78 Å². The lowest BCUT2D eigenvalue weighted by Crippen LogP contribution is -2.37. The van der Waals surface area contributed by atoms with Crippen LogP contribution in [0.15, 0.2) is 40.1 Å². The summed E-state index contributed by atoms with van der Waals surface area (Å²) in [6, 6.07) is 7.08. The van der Waals surface area contributed by atoms with Gasteiger partial charge in [-0.15, -0.1) is 0 Å². The van der Waals surface area contributed by atoms with Gasteiger partial charge in [0.25, 0.3) is 11.5 Å². The molecule has 2 aromatic heterocycles. The lowest BCUT2D eigenvalue weighted by Gasteiger charge is -2.12. The average molecular weight is 338 g/mol. The first-order chi connectivity index (χ1) is 11.8. The van der Waals surface area contributed by atoms with Gasteiger partial charge in [0.05, 0.1) is 5.69 Å². The number of hydrogen-bond donors (Lipinski definition) is 1. The van der Waals surface area contributed by atoms with Crippen LogP contribution in [0.5, 0.6) is 0 Å². The predicted molar refractivity (Wildman–Crippen MR) is 96.1 cm³/mol. The van der Waals surface area contributed by atoms with E-state index in [-0.39, 0.29) is 16.9 Å². The lowest BCUT2D eigenvalue weighted by molar-refractivity contribution is 0.102. The number of rotatable bonds is 2. The van der Waals surface area contributed by atoms with Crippen molar-refractivity contribution < 1.29 is 4.79 Å². The van der Waals surface area contributed by atoms with Crippen molar-refractivity contribution in [1.29, 1.82) is 0 Å². The van der Waals surface area contributed by atoms with Crippen molar-refractivity contribution in [2.24, 2.45) is 14.1 Å². The minimum Gasteiger partial charge on any atom is -0.321 e. The molecule has 2 heterocycles. The maximum absolute atomic E-state index is 12.6. The van der Waals surface area contributed by atoms with E-state index < -0.39 is 11.2 Å². The molecule has 0 atom stereocenters. The molecule has 0 aliphatic carbocycles. The Morgan fingerprint density at radius 1 is 1.04 bits per heavy atom. The molecule has 0 fully saturated rings. The molecule has 7 nitrogen and oxygen atoms in total. The number of aryl methyl sites for hydroxylation is 3. The Morgan fingerprint density at radius 3 is 2.32 bits per heavy atom. The summed E-state index contributed by atoms with van der Waals surface area (Å²) in [4.78, 5) is 41.3. The number of hydrogen-bond acceptors (Lipinski definition) is 4. The number of carbonyl (C=O) groups is 1. The van der Waals surface area contributed by atoms with Gasteiger partial charge in [-0.1, -0.05) is 17.2 Å². The minimum atomic E-state index is -0.498. The zero-order chi connectivity index (χ0) is 18.3. The highest BCUT2D eigenvalue weighted by atomic mass is 16.2. The van der Waals surface area contributed by atoms with Crippen LogP contribution in [0.25, 0.3) is 11.0 Å². The number of amides is 1. The Bertz CT molecular complexity index is 1110. The fraction of sp³-hybridized carbons (Fsp3) is 0.222. The predicted octanol–water partition coefficient (Wildman–Crippen LogP) is 1.50. The molecule has 0 spiro atoms. The molecule has 0 saturated heterocycles. The molecule has 25 heavy (non-hydrogen) atoms. The average Bonchev–Trinajstić information content (AvgIpc) is 2.57. The summed E-state index contributed by atoms with van der Waals surface area (Å²) < 4.78 is 2.28. The molecule has 0 aliphatic heterocycles. The second-order valence-corrected chi connectivity index (χ2v) is 6.09. The van der Waals surface area contributed by atoms with E-state index in [0.29, 0.717) is 11.3 Å². The molecule has 3 aromatic rings. The first-order valence-corrected chi connectivity index (χ1v) is 7.74. The van der Waals surface area contributed by atoms with Crippen molar-refractivity contribution >= 4 is 22.6 Å². The summed E-state index contributed by atoms with van der Waals surface area (Å²) in [5, 5.41) is 2.96. The Hall–Kier alpha value is -3.22. The third-order valence-corrected chi connectivity index (χ3v) is 4.07. The molecular weight excluding hydrogens is 320 g/mol. The smallest absolute Gasteiger partial charge is 0.321 e. The van der Waals surface area contributed by atoms with E-state index in [1.54, 1.807) is 18.2 Å². The number of anilines is 1. The van der Waals surface area contributed by atoms with Crippen molar-refractivity contribution in [3.63, 3.8) is 0 Å². The van der Waals surface area contributed by atoms with Gasteiger partial charge >= 0.3 is 5.69 Å². The molecule has 0 aliphatic rings. The summed E-state index contributed by atoms with van der Waals surface area (Å²) in [5.41, 5.74) is 2.04. The number of nitrogens with one attached hydrogen (secondary N) is 1. The molecule has 0 saturated carbocycles. The van der Waals surface area contributed by atoms with Crippen LogP contribution >= 0.6 is 0 Å². The Balaban J connectivity index is 2.15. The summed E-state index contributed by atoms with van der Waals surface area (Å²) >= 11 is 0. The zero-order valence-corrected chi connectivity index (χ0v) is 14.5. The van der Waals surface area contributed by atoms with E-state index in [9.17, 15) is 14.4 Å². The third kappa shape index (κ3) is 2.84. The summed E-state index contributed by atoms with van der Waals surface area (Å²) in [7, 11) is 2.93. The topological polar surface area (TPSA) is 86.0 Å². The molecular formula is C18H18N4O3. The van der Waals surface area contributed by atoms with Crippen molar-refractivity contribution in [3.8, 4) is 0 Å². The first-order valence-electron chi connectivity index (χ1n) is 7.74.